The normalized spacial score (nSPS) is 11.7. The first kappa shape index (κ1) is 27.5. The third-order valence-electron chi connectivity index (χ3n) is 9.66. The molecular formula is C46H29NO2. The molecule has 0 fully saturated rings. The average molecular weight is 628 g/mol. The van der Waals surface area contributed by atoms with E-state index in [4.69, 9.17) is 8.83 Å². The van der Waals surface area contributed by atoms with Crippen molar-refractivity contribution in [1.82, 2.24) is 0 Å². The Labute approximate surface area is 282 Å². The molecule has 8 aromatic carbocycles. The first-order chi connectivity index (χ1) is 24.3. The SMILES string of the molecule is c1ccc(-c2ccc(N(c3ccc4c(c3)oc3ccccc34)c3ccc4c(c3)oc3ccc5ccc(-c6ccccc6)cc5c34)cc2)cc1. The van der Waals surface area contributed by atoms with Gasteiger partial charge in [0.25, 0.3) is 0 Å². The minimum Gasteiger partial charge on any atom is -0.456 e. The number of nitrogens with zero attached hydrogens (tertiary/aromatic N) is 1. The van der Waals surface area contributed by atoms with E-state index in [0.717, 1.165) is 60.9 Å². The highest BCUT2D eigenvalue weighted by Gasteiger charge is 2.19. The molecule has 0 N–H and O–H groups in total. The number of benzene rings is 8. The van der Waals surface area contributed by atoms with E-state index in [-0.39, 0.29) is 0 Å². The maximum absolute atomic E-state index is 6.61. The Morgan fingerprint density at radius 3 is 1.59 bits per heavy atom. The highest BCUT2D eigenvalue weighted by molar-refractivity contribution is 6.19. The third-order valence-corrected chi connectivity index (χ3v) is 9.66. The van der Waals surface area contributed by atoms with E-state index >= 15 is 0 Å². The van der Waals surface area contributed by atoms with E-state index in [1.807, 2.05) is 18.2 Å². The predicted octanol–water partition coefficient (Wildman–Crippen LogP) is 13.4. The molecule has 0 radical (unpaired) electrons. The minimum atomic E-state index is 0.848. The summed E-state index contributed by atoms with van der Waals surface area (Å²) in [6.45, 7) is 0. The van der Waals surface area contributed by atoms with Crippen LogP contribution in [0.2, 0.25) is 0 Å². The van der Waals surface area contributed by atoms with Gasteiger partial charge in [0.05, 0.1) is 0 Å². The predicted molar refractivity (Wildman–Crippen MR) is 204 cm³/mol. The van der Waals surface area contributed by atoms with Crippen LogP contribution < -0.4 is 4.90 Å². The Hall–Kier alpha value is -6.58. The van der Waals surface area contributed by atoms with Gasteiger partial charge in [-0.1, -0.05) is 109 Å². The molecule has 0 aliphatic heterocycles. The van der Waals surface area contributed by atoms with E-state index in [2.05, 4.69) is 163 Å². The van der Waals surface area contributed by atoms with Crippen LogP contribution in [0.1, 0.15) is 0 Å². The lowest BCUT2D eigenvalue weighted by molar-refractivity contribution is 0.669. The molecule has 0 spiro atoms. The van der Waals surface area contributed by atoms with Gasteiger partial charge in [-0.25, -0.2) is 0 Å². The number of para-hydroxylation sites is 1. The maximum atomic E-state index is 6.61. The Balaban J connectivity index is 1.14. The topological polar surface area (TPSA) is 29.5 Å². The van der Waals surface area contributed by atoms with Crippen molar-refractivity contribution < 1.29 is 8.83 Å². The molecule has 3 heteroatoms. The second-order valence-electron chi connectivity index (χ2n) is 12.6. The summed E-state index contributed by atoms with van der Waals surface area (Å²) in [5.74, 6) is 0. The van der Waals surface area contributed by atoms with Gasteiger partial charge in [0.2, 0.25) is 0 Å². The maximum Gasteiger partial charge on any atom is 0.137 e. The van der Waals surface area contributed by atoms with Crippen LogP contribution in [0.25, 0.3) is 76.9 Å². The minimum absolute atomic E-state index is 0.848. The van der Waals surface area contributed by atoms with Crippen LogP contribution in [-0.2, 0) is 0 Å². The standard InChI is InChI=1S/C46H29NO2/c1-3-9-30(10-4-1)32-17-20-35(21-18-32)47(36-22-24-39-38-13-7-8-14-42(38)48-44(39)28-36)37-23-25-40-45(29-37)49-43-26-19-33-15-16-34(27-41(33)46(40)43)31-11-5-2-6-12-31/h1-29H. The summed E-state index contributed by atoms with van der Waals surface area (Å²) < 4.78 is 12.9. The Kier molecular flexibility index (Phi) is 6.18. The van der Waals surface area contributed by atoms with Crippen molar-refractivity contribution in [2.24, 2.45) is 0 Å². The fraction of sp³-hybridized carbons (Fsp3) is 0. The van der Waals surface area contributed by atoms with Gasteiger partial charge in [0, 0.05) is 50.7 Å². The number of rotatable bonds is 5. The second kappa shape index (κ2) is 11.0. The first-order valence-electron chi connectivity index (χ1n) is 16.6. The molecule has 0 unspecified atom stereocenters. The number of hydrogen-bond acceptors (Lipinski definition) is 3. The number of hydrogen-bond donors (Lipinski definition) is 0. The van der Waals surface area contributed by atoms with Gasteiger partial charge in [0.15, 0.2) is 0 Å². The van der Waals surface area contributed by atoms with Crippen LogP contribution in [0.4, 0.5) is 17.1 Å². The molecule has 0 bridgehead atoms. The number of anilines is 3. The summed E-state index contributed by atoms with van der Waals surface area (Å²) in [6, 6.07) is 62.0. The summed E-state index contributed by atoms with van der Waals surface area (Å²) in [6.07, 6.45) is 0. The number of fused-ring (bicyclic) bond motifs is 8. The van der Waals surface area contributed by atoms with Crippen molar-refractivity contribution in [1.29, 1.82) is 0 Å². The van der Waals surface area contributed by atoms with Crippen LogP contribution >= 0.6 is 0 Å². The summed E-state index contributed by atoms with van der Waals surface area (Å²) in [5, 5.41) is 6.84. The van der Waals surface area contributed by atoms with E-state index in [1.165, 1.54) is 33.0 Å². The largest absolute Gasteiger partial charge is 0.456 e. The van der Waals surface area contributed by atoms with Gasteiger partial charge in [-0.2, -0.15) is 0 Å². The summed E-state index contributed by atoms with van der Waals surface area (Å²) >= 11 is 0. The lowest BCUT2D eigenvalue weighted by Crippen LogP contribution is -2.09. The fourth-order valence-corrected chi connectivity index (χ4v) is 7.27. The average Bonchev–Trinajstić information content (AvgIpc) is 3.74. The third kappa shape index (κ3) is 4.59. The van der Waals surface area contributed by atoms with Crippen LogP contribution in [0, 0.1) is 0 Å². The molecule has 230 valence electrons. The van der Waals surface area contributed by atoms with Gasteiger partial charge in [0.1, 0.15) is 22.3 Å². The molecule has 0 aliphatic carbocycles. The monoisotopic (exact) mass is 627 g/mol. The molecule has 2 heterocycles. The molecule has 0 saturated carbocycles. The van der Waals surface area contributed by atoms with E-state index < -0.39 is 0 Å². The molecule has 10 rings (SSSR count). The second-order valence-corrected chi connectivity index (χ2v) is 12.6. The summed E-state index contributed by atoms with van der Waals surface area (Å²) in [4.78, 5) is 2.28. The van der Waals surface area contributed by atoms with Crippen LogP contribution in [0.3, 0.4) is 0 Å². The molecule has 2 aromatic heterocycles. The highest BCUT2D eigenvalue weighted by Crippen LogP contribution is 2.42. The molecular weight excluding hydrogens is 599 g/mol. The molecule has 49 heavy (non-hydrogen) atoms. The fourth-order valence-electron chi connectivity index (χ4n) is 7.27. The zero-order valence-electron chi connectivity index (χ0n) is 26.5. The van der Waals surface area contributed by atoms with Gasteiger partial charge < -0.3 is 13.7 Å². The smallest absolute Gasteiger partial charge is 0.137 e. The number of furan rings is 2. The Morgan fingerprint density at radius 1 is 0.306 bits per heavy atom. The lowest BCUT2D eigenvalue weighted by Gasteiger charge is -2.25. The van der Waals surface area contributed by atoms with Gasteiger partial charge >= 0.3 is 0 Å². The van der Waals surface area contributed by atoms with E-state index in [9.17, 15) is 0 Å². The van der Waals surface area contributed by atoms with Crippen molar-refractivity contribution in [2.45, 2.75) is 0 Å². The van der Waals surface area contributed by atoms with Crippen molar-refractivity contribution >= 4 is 71.7 Å². The van der Waals surface area contributed by atoms with Gasteiger partial charge in [-0.3, -0.25) is 0 Å². The molecule has 10 aromatic rings. The summed E-state index contributed by atoms with van der Waals surface area (Å²) in [5.41, 5.74) is 11.3. The summed E-state index contributed by atoms with van der Waals surface area (Å²) in [7, 11) is 0. The zero-order chi connectivity index (χ0) is 32.3. The van der Waals surface area contributed by atoms with E-state index in [1.54, 1.807) is 0 Å². The lowest BCUT2D eigenvalue weighted by atomic mass is 9.98. The first-order valence-corrected chi connectivity index (χ1v) is 16.6. The highest BCUT2D eigenvalue weighted by atomic mass is 16.3. The van der Waals surface area contributed by atoms with E-state index in [0.29, 0.717) is 0 Å². The Morgan fingerprint density at radius 2 is 0.837 bits per heavy atom. The quantitative estimate of drug-likeness (QED) is 0.190. The van der Waals surface area contributed by atoms with Crippen molar-refractivity contribution in [3.63, 3.8) is 0 Å². The Bertz CT molecular complexity index is 2810. The van der Waals surface area contributed by atoms with Crippen molar-refractivity contribution in [3.8, 4) is 22.3 Å². The van der Waals surface area contributed by atoms with Crippen molar-refractivity contribution in [2.75, 3.05) is 4.90 Å². The molecule has 0 saturated heterocycles. The molecule has 3 nitrogen and oxygen atoms in total. The molecule has 0 atom stereocenters. The van der Waals surface area contributed by atoms with Gasteiger partial charge in [-0.15, -0.1) is 0 Å². The van der Waals surface area contributed by atoms with Gasteiger partial charge in [-0.05, 0) is 87.6 Å². The zero-order valence-corrected chi connectivity index (χ0v) is 26.5. The van der Waals surface area contributed by atoms with Crippen LogP contribution in [0.5, 0.6) is 0 Å². The molecule has 0 aliphatic rings. The molecule has 0 amide bonds. The van der Waals surface area contributed by atoms with Crippen LogP contribution in [0.15, 0.2) is 185 Å². The van der Waals surface area contributed by atoms with Crippen LogP contribution in [-0.4, -0.2) is 0 Å². The van der Waals surface area contributed by atoms with Crippen molar-refractivity contribution in [3.05, 3.63) is 176 Å².